The maximum Gasteiger partial charge on any atom is 0.241 e. The molecule has 2 aromatic rings. The number of aryl methyl sites for hydroxylation is 1. The lowest BCUT2D eigenvalue weighted by atomic mass is 10.1. The Bertz CT molecular complexity index is 780. The average Bonchev–Trinajstić information content (AvgIpc) is 2.53. The summed E-state index contributed by atoms with van der Waals surface area (Å²) in [4.78, 5) is 0.264. The first-order chi connectivity index (χ1) is 10.9. The maximum absolute atomic E-state index is 12.3. The van der Waals surface area contributed by atoms with E-state index in [1.165, 1.54) is 0 Å². The van der Waals surface area contributed by atoms with Crippen LogP contribution in [0.25, 0.3) is 6.08 Å². The van der Waals surface area contributed by atoms with Crippen LogP contribution < -0.4 is 9.46 Å². The lowest BCUT2D eigenvalue weighted by molar-refractivity contribution is 0.414. The molecular weight excluding hydrogens is 310 g/mol. The average molecular weight is 331 g/mol. The molecule has 5 heteroatoms. The van der Waals surface area contributed by atoms with E-state index in [2.05, 4.69) is 4.72 Å². The van der Waals surface area contributed by atoms with Crippen LogP contribution in [0.4, 0.5) is 0 Å². The largest absolute Gasteiger partial charge is 0.496 e. The van der Waals surface area contributed by atoms with Gasteiger partial charge in [0, 0.05) is 11.6 Å². The SMILES string of the molecule is COc1ccccc1/C=C/C(C)NS(=O)(=O)c1ccc(C)cc1. The Morgan fingerprint density at radius 2 is 1.74 bits per heavy atom. The second-order valence-corrected chi connectivity index (χ2v) is 7.04. The zero-order chi connectivity index (χ0) is 16.9. The van der Waals surface area contributed by atoms with Gasteiger partial charge in [0.2, 0.25) is 10.0 Å². The van der Waals surface area contributed by atoms with Crippen molar-refractivity contribution in [3.8, 4) is 5.75 Å². The molecule has 0 saturated heterocycles. The third kappa shape index (κ3) is 4.68. The smallest absolute Gasteiger partial charge is 0.241 e. The van der Waals surface area contributed by atoms with Gasteiger partial charge in [-0.25, -0.2) is 13.1 Å². The van der Waals surface area contributed by atoms with Gasteiger partial charge in [-0.1, -0.05) is 48.0 Å². The van der Waals surface area contributed by atoms with E-state index >= 15 is 0 Å². The highest BCUT2D eigenvalue weighted by Gasteiger charge is 2.15. The van der Waals surface area contributed by atoms with Crippen molar-refractivity contribution < 1.29 is 13.2 Å². The maximum atomic E-state index is 12.3. The zero-order valence-corrected chi connectivity index (χ0v) is 14.3. The van der Waals surface area contributed by atoms with E-state index in [4.69, 9.17) is 4.74 Å². The molecule has 0 radical (unpaired) electrons. The fourth-order valence-electron chi connectivity index (χ4n) is 2.12. The van der Waals surface area contributed by atoms with Crippen LogP contribution in [0.3, 0.4) is 0 Å². The van der Waals surface area contributed by atoms with E-state index in [-0.39, 0.29) is 10.9 Å². The minimum Gasteiger partial charge on any atom is -0.496 e. The van der Waals surface area contributed by atoms with Crippen molar-refractivity contribution in [1.82, 2.24) is 4.72 Å². The third-order valence-electron chi connectivity index (χ3n) is 3.38. The topological polar surface area (TPSA) is 55.4 Å². The minimum atomic E-state index is -3.53. The molecule has 0 fully saturated rings. The number of nitrogens with one attached hydrogen (secondary N) is 1. The summed E-state index contributed by atoms with van der Waals surface area (Å²) in [5.74, 6) is 0.748. The normalized spacial score (nSPS) is 13.2. The van der Waals surface area contributed by atoms with Crippen LogP contribution >= 0.6 is 0 Å². The summed E-state index contributed by atoms with van der Waals surface area (Å²) >= 11 is 0. The molecule has 0 heterocycles. The summed E-state index contributed by atoms with van der Waals surface area (Å²) in [6.07, 6.45) is 3.64. The predicted molar refractivity (Wildman–Crippen MR) is 93.0 cm³/mol. The van der Waals surface area contributed by atoms with Gasteiger partial charge >= 0.3 is 0 Å². The molecule has 0 aliphatic rings. The van der Waals surface area contributed by atoms with Gasteiger partial charge in [-0.05, 0) is 32.0 Å². The molecule has 0 amide bonds. The van der Waals surface area contributed by atoms with Gasteiger partial charge < -0.3 is 4.74 Å². The number of methoxy groups -OCH3 is 1. The number of ether oxygens (including phenoxy) is 1. The van der Waals surface area contributed by atoms with Gasteiger partial charge in [-0.15, -0.1) is 0 Å². The number of rotatable bonds is 6. The highest BCUT2D eigenvalue weighted by Crippen LogP contribution is 2.19. The third-order valence-corrected chi connectivity index (χ3v) is 4.95. The highest BCUT2D eigenvalue weighted by atomic mass is 32.2. The molecule has 1 atom stereocenters. The molecular formula is C18H21NO3S. The summed E-state index contributed by atoms with van der Waals surface area (Å²) in [6.45, 7) is 3.71. The Balaban J connectivity index is 2.10. The number of benzene rings is 2. The zero-order valence-electron chi connectivity index (χ0n) is 13.5. The molecule has 0 aliphatic heterocycles. The molecule has 0 spiro atoms. The lowest BCUT2D eigenvalue weighted by Gasteiger charge is -2.11. The van der Waals surface area contributed by atoms with Crippen molar-refractivity contribution in [2.45, 2.75) is 24.8 Å². The summed E-state index contributed by atoms with van der Waals surface area (Å²) in [5.41, 5.74) is 1.92. The van der Waals surface area contributed by atoms with Crippen LogP contribution in [-0.2, 0) is 10.0 Å². The number of para-hydroxylation sites is 1. The van der Waals surface area contributed by atoms with Crippen LogP contribution in [0.1, 0.15) is 18.1 Å². The van der Waals surface area contributed by atoms with E-state index in [0.29, 0.717) is 0 Å². The van der Waals surface area contributed by atoms with Crippen LogP contribution in [0.2, 0.25) is 0 Å². The summed E-state index contributed by atoms with van der Waals surface area (Å²) in [6, 6.07) is 14.0. The second-order valence-electron chi connectivity index (χ2n) is 5.32. The highest BCUT2D eigenvalue weighted by molar-refractivity contribution is 7.89. The van der Waals surface area contributed by atoms with Crippen LogP contribution in [-0.4, -0.2) is 21.6 Å². The summed E-state index contributed by atoms with van der Waals surface area (Å²) in [7, 11) is -1.92. The fraction of sp³-hybridized carbons (Fsp3) is 0.222. The van der Waals surface area contributed by atoms with Crippen molar-refractivity contribution in [2.75, 3.05) is 7.11 Å². The molecule has 1 N–H and O–H groups in total. The van der Waals surface area contributed by atoms with Gasteiger partial charge in [-0.3, -0.25) is 0 Å². The van der Waals surface area contributed by atoms with E-state index in [9.17, 15) is 8.42 Å². The van der Waals surface area contributed by atoms with Gasteiger partial charge in [0.15, 0.2) is 0 Å². The second kappa shape index (κ2) is 7.44. The molecule has 4 nitrogen and oxygen atoms in total. The van der Waals surface area contributed by atoms with Crippen LogP contribution in [0.5, 0.6) is 5.75 Å². The molecule has 0 saturated carbocycles. The monoisotopic (exact) mass is 331 g/mol. The molecule has 122 valence electrons. The molecule has 23 heavy (non-hydrogen) atoms. The van der Waals surface area contributed by atoms with Gasteiger partial charge in [-0.2, -0.15) is 0 Å². The number of hydrogen-bond acceptors (Lipinski definition) is 3. The van der Waals surface area contributed by atoms with Crippen molar-refractivity contribution in [2.24, 2.45) is 0 Å². The van der Waals surface area contributed by atoms with Crippen LogP contribution in [0.15, 0.2) is 59.5 Å². The minimum absolute atomic E-state index is 0.264. The fourth-order valence-corrected chi connectivity index (χ4v) is 3.32. The van der Waals surface area contributed by atoms with Crippen molar-refractivity contribution >= 4 is 16.1 Å². The lowest BCUT2D eigenvalue weighted by Crippen LogP contribution is -2.31. The first-order valence-corrected chi connectivity index (χ1v) is 8.81. The Hall–Kier alpha value is -2.11. The van der Waals surface area contributed by atoms with Crippen molar-refractivity contribution in [1.29, 1.82) is 0 Å². The van der Waals surface area contributed by atoms with E-state index in [0.717, 1.165) is 16.9 Å². The Labute approximate surface area is 137 Å². The number of hydrogen-bond donors (Lipinski definition) is 1. The molecule has 2 aromatic carbocycles. The molecule has 0 aliphatic carbocycles. The standard InChI is InChI=1S/C18H21NO3S/c1-14-8-12-17(13-9-14)23(20,21)19-15(2)10-11-16-6-4-5-7-18(16)22-3/h4-13,15,19H,1-3H3/b11-10+. The Morgan fingerprint density at radius 3 is 2.39 bits per heavy atom. The van der Waals surface area contributed by atoms with E-state index in [1.807, 2.05) is 37.3 Å². The summed E-state index contributed by atoms with van der Waals surface area (Å²) < 4.78 is 32.6. The first kappa shape index (κ1) is 17.2. The predicted octanol–water partition coefficient (Wildman–Crippen LogP) is 3.38. The summed E-state index contributed by atoms with van der Waals surface area (Å²) in [5, 5.41) is 0. The van der Waals surface area contributed by atoms with Crippen molar-refractivity contribution in [3.05, 3.63) is 65.7 Å². The molecule has 0 aromatic heterocycles. The molecule has 1 unspecified atom stereocenters. The Morgan fingerprint density at radius 1 is 1.09 bits per heavy atom. The molecule has 2 rings (SSSR count). The first-order valence-electron chi connectivity index (χ1n) is 7.32. The van der Waals surface area contributed by atoms with E-state index < -0.39 is 10.0 Å². The van der Waals surface area contributed by atoms with Crippen molar-refractivity contribution in [3.63, 3.8) is 0 Å². The van der Waals surface area contributed by atoms with Gasteiger partial charge in [0.05, 0.1) is 12.0 Å². The van der Waals surface area contributed by atoms with Gasteiger partial charge in [0.25, 0.3) is 0 Å². The van der Waals surface area contributed by atoms with E-state index in [1.54, 1.807) is 44.4 Å². The quantitative estimate of drug-likeness (QED) is 0.883. The number of sulfonamides is 1. The molecule has 0 bridgehead atoms. The van der Waals surface area contributed by atoms with Crippen LogP contribution in [0, 0.1) is 6.92 Å². The van der Waals surface area contributed by atoms with Gasteiger partial charge in [0.1, 0.15) is 5.75 Å². The Kier molecular flexibility index (Phi) is 5.58.